The molecule has 0 aromatic rings. The summed E-state index contributed by atoms with van der Waals surface area (Å²) in [4.78, 5) is 12.9. The van der Waals surface area contributed by atoms with Crippen LogP contribution >= 0.6 is 11.8 Å². The van der Waals surface area contributed by atoms with Crippen molar-refractivity contribution in [3.63, 3.8) is 0 Å². The van der Waals surface area contributed by atoms with Crippen LogP contribution in [0.25, 0.3) is 0 Å². The molecule has 0 spiro atoms. The number of β-lactam (4-membered cyclic amide) rings is 1. The lowest BCUT2D eigenvalue weighted by molar-refractivity contribution is -0.145. The first kappa shape index (κ1) is 8.85. The third-order valence-electron chi connectivity index (χ3n) is 2.60. The molecule has 70 valence electrons. The summed E-state index contributed by atoms with van der Waals surface area (Å²) in [5.41, 5.74) is 5.62. The second-order valence-corrected chi connectivity index (χ2v) is 5.69. The van der Waals surface area contributed by atoms with Crippen molar-refractivity contribution in [1.82, 2.24) is 4.90 Å². The van der Waals surface area contributed by atoms with Crippen LogP contribution in [0.15, 0.2) is 0 Å². The highest BCUT2D eigenvalue weighted by Gasteiger charge is 2.60. The Kier molecular flexibility index (Phi) is 1.63. The van der Waals surface area contributed by atoms with Gasteiger partial charge in [-0.15, -0.1) is 11.8 Å². The molecule has 0 saturated carbocycles. The molecule has 2 heterocycles. The van der Waals surface area contributed by atoms with E-state index < -0.39 is 6.04 Å². The summed E-state index contributed by atoms with van der Waals surface area (Å²) >= 11 is 1.62. The van der Waals surface area contributed by atoms with E-state index in [1.165, 1.54) is 0 Å². The summed E-state index contributed by atoms with van der Waals surface area (Å²) in [6.45, 7) is 3.95. The zero-order valence-electron chi connectivity index (χ0n) is 7.52. The Balaban J connectivity index is 2.30. The predicted molar refractivity (Wildman–Crippen MR) is 49.7 cm³/mol. The summed E-state index contributed by atoms with van der Waals surface area (Å²) in [7, 11) is 0. The van der Waals surface area contributed by atoms with Crippen molar-refractivity contribution in [3.05, 3.63) is 0 Å². The van der Waals surface area contributed by atoms with E-state index in [0.29, 0.717) is 0 Å². The lowest BCUT2D eigenvalue weighted by atomic mass is 9.98. The number of nitriles is 1. The molecular formula is C8H11N3OS. The summed E-state index contributed by atoms with van der Waals surface area (Å²) in [5.74, 6) is -0.0883. The summed E-state index contributed by atoms with van der Waals surface area (Å²) in [5, 5.41) is 8.95. The van der Waals surface area contributed by atoms with Crippen LogP contribution in [0.4, 0.5) is 0 Å². The average Bonchev–Trinajstić information content (AvgIpc) is 2.33. The molecule has 4 nitrogen and oxygen atoms in total. The third-order valence-corrected chi connectivity index (χ3v) is 4.20. The smallest absolute Gasteiger partial charge is 0.244 e. The second-order valence-electron chi connectivity index (χ2n) is 3.91. The normalized spacial score (nSPS) is 40.9. The minimum absolute atomic E-state index is 0.0205. The fourth-order valence-electron chi connectivity index (χ4n) is 1.84. The summed E-state index contributed by atoms with van der Waals surface area (Å²) in [6, 6.07) is 1.44. The molecule has 0 aliphatic carbocycles. The van der Waals surface area contributed by atoms with Gasteiger partial charge in [0.25, 0.3) is 0 Å². The van der Waals surface area contributed by atoms with E-state index >= 15 is 0 Å². The summed E-state index contributed by atoms with van der Waals surface area (Å²) < 4.78 is -0.191. The number of hydrogen-bond acceptors (Lipinski definition) is 4. The highest BCUT2D eigenvalue weighted by molar-refractivity contribution is 8.01. The van der Waals surface area contributed by atoms with Gasteiger partial charge in [-0.25, -0.2) is 0 Å². The van der Waals surface area contributed by atoms with E-state index in [1.807, 2.05) is 13.8 Å². The Morgan fingerprint density at radius 2 is 2.31 bits per heavy atom. The first-order chi connectivity index (χ1) is 5.99. The van der Waals surface area contributed by atoms with Crippen molar-refractivity contribution >= 4 is 17.7 Å². The van der Waals surface area contributed by atoms with E-state index in [-0.39, 0.29) is 22.1 Å². The van der Waals surface area contributed by atoms with Gasteiger partial charge in [-0.2, -0.15) is 5.26 Å². The van der Waals surface area contributed by atoms with E-state index in [1.54, 1.807) is 16.7 Å². The molecule has 2 aliphatic rings. The Morgan fingerprint density at radius 1 is 1.69 bits per heavy atom. The molecule has 0 aromatic carbocycles. The average molecular weight is 197 g/mol. The number of rotatable bonds is 0. The molecule has 0 radical (unpaired) electrons. The minimum Gasteiger partial charge on any atom is -0.317 e. The maximum absolute atomic E-state index is 11.3. The third kappa shape index (κ3) is 0.930. The number of fused-ring (bicyclic) bond motifs is 1. The monoisotopic (exact) mass is 197 g/mol. The minimum atomic E-state index is -0.400. The van der Waals surface area contributed by atoms with Crippen LogP contribution in [-0.4, -0.2) is 33.0 Å². The van der Waals surface area contributed by atoms with Gasteiger partial charge in [-0.05, 0) is 13.8 Å². The van der Waals surface area contributed by atoms with Crippen LogP contribution in [0, 0.1) is 11.3 Å². The molecule has 0 aromatic heterocycles. The van der Waals surface area contributed by atoms with Crippen LogP contribution in [0.1, 0.15) is 13.8 Å². The Hall–Kier alpha value is -0.730. The molecule has 5 heteroatoms. The molecule has 2 fully saturated rings. The van der Waals surface area contributed by atoms with Crippen molar-refractivity contribution in [2.45, 2.75) is 36.1 Å². The second kappa shape index (κ2) is 2.40. The van der Waals surface area contributed by atoms with Gasteiger partial charge >= 0.3 is 0 Å². The van der Waals surface area contributed by atoms with E-state index in [0.717, 1.165) is 0 Å². The zero-order valence-corrected chi connectivity index (χ0v) is 8.34. The van der Waals surface area contributed by atoms with Crippen LogP contribution in [-0.2, 0) is 4.79 Å². The molecule has 2 aliphatic heterocycles. The highest BCUT2D eigenvalue weighted by Crippen LogP contribution is 2.49. The number of nitrogens with zero attached hydrogens (tertiary/aromatic N) is 2. The topological polar surface area (TPSA) is 70.1 Å². The van der Waals surface area contributed by atoms with Gasteiger partial charge in [0.1, 0.15) is 17.5 Å². The van der Waals surface area contributed by atoms with E-state index in [9.17, 15) is 4.79 Å². The fourth-order valence-corrected chi connectivity index (χ4v) is 3.36. The SMILES string of the molecule is CC1(C)S[C@@H]2C(N)C(=O)N2C1C#N. The largest absolute Gasteiger partial charge is 0.317 e. The Bertz CT molecular complexity index is 309. The standard InChI is InChI=1S/C8H11N3OS/c1-8(2)4(3-9)11-6(12)5(10)7(11)13-8/h4-5,7H,10H2,1-2H3/t4?,5?,7-/m1/s1. The van der Waals surface area contributed by atoms with Gasteiger partial charge in [-0.3, -0.25) is 4.79 Å². The summed E-state index contributed by atoms with van der Waals surface area (Å²) in [6.07, 6.45) is 0. The maximum Gasteiger partial charge on any atom is 0.244 e. The van der Waals surface area contributed by atoms with Gasteiger partial charge in [0, 0.05) is 4.75 Å². The first-order valence-electron chi connectivity index (χ1n) is 4.14. The molecule has 1 amide bonds. The van der Waals surface area contributed by atoms with Crippen molar-refractivity contribution in [3.8, 4) is 6.07 Å². The van der Waals surface area contributed by atoms with Crippen molar-refractivity contribution in [2.24, 2.45) is 5.73 Å². The lowest BCUT2D eigenvalue weighted by Crippen LogP contribution is -2.67. The van der Waals surface area contributed by atoms with Crippen LogP contribution in [0.2, 0.25) is 0 Å². The predicted octanol–water partition coefficient (Wildman–Crippen LogP) is -0.100. The molecule has 0 bridgehead atoms. The van der Waals surface area contributed by atoms with Gasteiger partial charge < -0.3 is 10.6 Å². The number of amides is 1. The fraction of sp³-hybridized carbons (Fsp3) is 0.750. The number of carbonyl (C=O) groups is 1. The maximum atomic E-state index is 11.3. The number of nitrogens with two attached hydrogens (primary N) is 1. The lowest BCUT2D eigenvalue weighted by Gasteiger charge is -2.40. The van der Waals surface area contributed by atoms with Gasteiger partial charge in [0.15, 0.2) is 0 Å². The molecule has 2 rings (SSSR count). The van der Waals surface area contributed by atoms with Crippen LogP contribution in [0.5, 0.6) is 0 Å². The highest BCUT2D eigenvalue weighted by atomic mass is 32.2. The molecule has 2 N–H and O–H groups in total. The number of thioether (sulfide) groups is 1. The molecule has 2 unspecified atom stereocenters. The molecule has 2 saturated heterocycles. The van der Waals surface area contributed by atoms with Gasteiger partial charge in [0.2, 0.25) is 5.91 Å². The van der Waals surface area contributed by atoms with Crippen LogP contribution in [0.3, 0.4) is 0 Å². The Morgan fingerprint density at radius 3 is 2.85 bits per heavy atom. The molecule has 13 heavy (non-hydrogen) atoms. The van der Waals surface area contributed by atoms with E-state index in [4.69, 9.17) is 11.0 Å². The quantitative estimate of drug-likeness (QED) is 0.550. The van der Waals surface area contributed by atoms with E-state index in [2.05, 4.69) is 6.07 Å². The van der Waals surface area contributed by atoms with Gasteiger partial charge in [-0.1, -0.05) is 0 Å². The first-order valence-corrected chi connectivity index (χ1v) is 5.02. The van der Waals surface area contributed by atoms with Crippen molar-refractivity contribution in [2.75, 3.05) is 0 Å². The zero-order chi connectivity index (χ0) is 9.80. The molecular weight excluding hydrogens is 186 g/mol. The van der Waals surface area contributed by atoms with Gasteiger partial charge in [0.05, 0.1) is 6.07 Å². The van der Waals surface area contributed by atoms with Crippen molar-refractivity contribution in [1.29, 1.82) is 5.26 Å². The van der Waals surface area contributed by atoms with Crippen molar-refractivity contribution < 1.29 is 4.79 Å². The number of carbonyl (C=O) groups excluding carboxylic acids is 1. The van der Waals surface area contributed by atoms with Crippen LogP contribution < -0.4 is 5.73 Å². The number of hydrogen-bond donors (Lipinski definition) is 1. The molecule has 3 atom stereocenters. The Labute approximate surface area is 81.1 Å².